The van der Waals surface area contributed by atoms with Gasteiger partial charge in [-0.3, -0.25) is 10.1 Å². The van der Waals surface area contributed by atoms with E-state index in [9.17, 15) is 10.1 Å². The Morgan fingerprint density at radius 1 is 0.760 bits per heavy atom. The van der Waals surface area contributed by atoms with Crippen LogP contribution in [0.4, 0.5) is 5.69 Å². The Kier molecular flexibility index (Phi) is 9.13. The van der Waals surface area contributed by atoms with Gasteiger partial charge in [0.05, 0.1) is 4.92 Å². The first-order valence-electron chi connectivity index (χ1n) is 9.17. The molecule has 0 atom stereocenters. The van der Waals surface area contributed by atoms with Crippen LogP contribution in [0, 0.1) is 10.1 Å². The van der Waals surface area contributed by atoms with Crippen LogP contribution in [-0.2, 0) is 6.42 Å². The maximum absolute atomic E-state index is 10.6. The number of non-ortho nitro benzene ring substituents is 1. The average molecular weight is 358 g/mol. The predicted octanol–water partition coefficient (Wildman–Crippen LogP) is 6.66. The first-order chi connectivity index (χ1) is 12.3. The maximum Gasteiger partial charge on any atom is 0.269 e. The molecule has 0 N–H and O–H groups in total. The van der Waals surface area contributed by atoms with E-state index >= 15 is 0 Å². The van der Waals surface area contributed by atoms with Crippen LogP contribution in [0.3, 0.4) is 0 Å². The number of thioether (sulfide) groups is 1. The summed E-state index contributed by atoms with van der Waals surface area (Å²) in [5.41, 5.74) is 1.37. The lowest BCUT2D eigenvalue weighted by Crippen LogP contribution is -1.90. The molecule has 134 valence electrons. The third kappa shape index (κ3) is 8.21. The highest BCUT2D eigenvalue weighted by Gasteiger charge is 2.03. The molecule has 4 heteroatoms. The predicted molar refractivity (Wildman–Crippen MR) is 106 cm³/mol. The van der Waals surface area contributed by atoms with Gasteiger partial charge in [0.2, 0.25) is 0 Å². The van der Waals surface area contributed by atoms with Crippen molar-refractivity contribution in [2.24, 2.45) is 0 Å². The molecule has 0 unspecified atom stereocenters. The number of benzene rings is 2. The molecule has 0 aromatic heterocycles. The first-order valence-corrected chi connectivity index (χ1v) is 10.2. The van der Waals surface area contributed by atoms with Gasteiger partial charge in [-0.2, -0.15) is 0 Å². The number of aryl methyl sites for hydroxylation is 1. The fraction of sp³-hybridized carbons (Fsp3) is 0.429. The van der Waals surface area contributed by atoms with Gasteiger partial charge in [0.15, 0.2) is 0 Å². The minimum absolute atomic E-state index is 0.175. The Bertz CT molecular complexity index is 614. The first kappa shape index (κ1) is 19.5. The lowest BCUT2D eigenvalue weighted by molar-refractivity contribution is -0.384. The molecule has 0 saturated heterocycles. The van der Waals surface area contributed by atoms with Gasteiger partial charge >= 0.3 is 0 Å². The second kappa shape index (κ2) is 11.7. The molecule has 2 aromatic rings. The van der Waals surface area contributed by atoms with E-state index in [1.165, 1.54) is 61.2 Å². The summed E-state index contributed by atoms with van der Waals surface area (Å²) in [6.07, 6.45) is 9.98. The van der Waals surface area contributed by atoms with Crippen molar-refractivity contribution >= 4 is 17.4 Å². The third-order valence-electron chi connectivity index (χ3n) is 4.27. The number of unbranched alkanes of at least 4 members (excludes halogenated alkanes) is 6. The van der Waals surface area contributed by atoms with Crippen LogP contribution in [0.25, 0.3) is 0 Å². The van der Waals surface area contributed by atoms with Crippen molar-refractivity contribution < 1.29 is 4.92 Å². The molecule has 0 heterocycles. The standard InChI is InChI=1S/C21H27NO2S/c23-22(24)20-16-14-19(15-17-20)11-7-4-2-1-3-5-10-18-25-21-12-8-6-9-13-21/h6,8-9,12-17H,1-5,7,10-11,18H2. The van der Waals surface area contributed by atoms with E-state index in [1.807, 2.05) is 23.9 Å². The van der Waals surface area contributed by atoms with E-state index in [0.29, 0.717) is 0 Å². The molecular formula is C21H27NO2S. The van der Waals surface area contributed by atoms with Crippen LogP contribution >= 0.6 is 11.8 Å². The summed E-state index contributed by atoms with van der Waals surface area (Å²) in [6, 6.07) is 17.6. The SMILES string of the molecule is O=[N+]([O-])c1ccc(CCCCCCCCCSc2ccccc2)cc1. The summed E-state index contributed by atoms with van der Waals surface area (Å²) in [5, 5.41) is 10.6. The van der Waals surface area contributed by atoms with Crippen LogP contribution in [0.15, 0.2) is 59.5 Å². The summed E-state index contributed by atoms with van der Waals surface area (Å²) in [4.78, 5) is 11.6. The van der Waals surface area contributed by atoms with Crippen LogP contribution < -0.4 is 0 Å². The van der Waals surface area contributed by atoms with Gasteiger partial charge in [-0.05, 0) is 42.7 Å². The van der Waals surface area contributed by atoms with Crippen molar-refractivity contribution in [3.63, 3.8) is 0 Å². The monoisotopic (exact) mass is 357 g/mol. The molecule has 0 saturated carbocycles. The molecule has 0 spiro atoms. The quantitative estimate of drug-likeness (QED) is 0.185. The van der Waals surface area contributed by atoms with Gasteiger partial charge in [0.25, 0.3) is 5.69 Å². The van der Waals surface area contributed by atoms with Crippen molar-refractivity contribution in [2.45, 2.75) is 56.3 Å². The topological polar surface area (TPSA) is 43.1 Å². The second-order valence-electron chi connectivity index (χ2n) is 6.31. The smallest absolute Gasteiger partial charge is 0.258 e. The summed E-state index contributed by atoms with van der Waals surface area (Å²) in [7, 11) is 0. The molecule has 0 aliphatic carbocycles. The van der Waals surface area contributed by atoms with Crippen LogP contribution in [0.5, 0.6) is 0 Å². The molecule has 0 amide bonds. The van der Waals surface area contributed by atoms with Crippen LogP contribution in [-0.4, -0.2) is 10.7 Å². The molecule has 0 fully saturated rings. The van der Waals surface area contributed by atoms with E-state index < -0.39 is 0 Å². The number of nitro groups is 1. The highest BCUT2D eigenvalue weighted by Crippen LogP contribution is 2.19. The molecule has 0 bridgehead atoms. The molecule has 0 aliphatic rings. The number of rotatable bonds is 12. The maximum atomic E-state index is 10.6. The van der Waals surface area contributed by atoms with Gasteiger partial charge in [-0.15, -0.1) is 11.8 Å². The average Bonchev–Trinajstić information content (AvgIpc) is 2.64. The molecule has 0 aliphatic heterocycles. The van der Waals surface area contributed by atoms with Crippen LogP contribution in [0.1, 0.15) is 50.5 Å². The van der Waals surface area contributed by atoms with Gasteiger partial charge in [0.1, 0.15) is 0 Å². The fourth-order valence-electron chi connectivity index (χ4n) is 2.81. The van der Waals surface area contributed by atoms with E-state index in [2.05, 4.69) is 30.3 Å². The minimum atomic E-state index is -0.345. The van der Waals surface area contributed by atoms with E-state index in [1.54, 1.807) is 12.1 Å². The van der Waals surface area contributed by atoms with Gasteiger partial charge < -0.3 is 0 Å². The van der Waals surface area contributed by atoms with Crippen LogP contribution in [0.2, 0.25) is 0 Å². The number of hydrogen-bond acceptors (Lipinski definition) is 3. The van der Waals surface area contributed by atoms with Gasteiger partial charge in [0, 0.05) is 17.0 Å². The Labute approximate surface area is 155 Å². The van der Waals surface area contributed by atoms with Gasteiger partial charge in [-0.1, -0.05) is 62.4 Å². The molecule has 0 radical (unpaired) electrons. The summed E-state index contributed by atoms with van der Waals surface area (Å²) in [5.74, 6) is 1.21. The molecular weight excluding hydrogens is 330 g/mol. The largest absolute Gasteiger partial charge is 0.269 e. The van der Waals surface area contributed by atoms with E-state index in [-0.39, 0.29) is 10.6 Å². The van der Waals surface area contributed by atoms with Crippen molar-refractivity contribution in [2.75, 3.05) is 5.75 Å². The zero-order valence-corrected chi connectivity index (χ0v) is 15.5. The lowest BCUT2D eigenvalue weighted by atomic mass is 10.0. The van der Waals surface area contributed by atoms with Crippen molar-refractivity contribution in [1.82, 2.24) is 0 Å². The Balaban J connectivity index is 1.42. The summed E-state index contributed by atoms with van der Waals surface area (Å²) in [6.45, 7) is 0. The van der Waals surface area contributed by atoms with Gasteiger partial charge in [-0.25, -0.2) is 0 Å². The number of nitrogens with zero attached hydrogens (tertiary/aromatic N) is 1. The van der Waals surface area contributed by atoms with Crippen molar-refractivity contribution in [1.29, 1.82) is 0 Å². The van der Waals surface area contributed by atoms with Crippen molar-refractivity contribution in [3.8, 4) is 0 Å². The zero-order chi connectivity index (χ0) is 17.7. The Morgan fingerprint density at radius 2 is 1.36 bits per heavy atom. The third-order valence-corrected chi connectivity index (χ3v) is 5.37. The highest BCUT2D eigenvalue weighted by atomic mass is 32.2. The number of hydrogen-bond donors (Lipinski definition) is 0. The minimum Gasteiger partial charge on any atom is -0.258 e. The lowest BCUT2D eigenvalue weighted by Gasteiger charge is -2.04. The molecule has 2 aromatic carbocycles. The normalized spacial score (nSPS) is 10.7. The Hall–Kier alpha value is -1.81. The summed E-state index contributed by atoms with van der Waals surface area (Å²) >= 11 is 1.95. The summed E-state index contributed by atoms with van der Waals surface area (Å²) < 4.78 is 0. The molecule has 2 rings (SSSR count). The second-order valence-corrected chi connectivity index (χ2v) is 7.48. The van der Waals surface area contributed by atoms with E-state index in [4.69, 9.17) is 0 Å². The zero-order valence-electron chi connectivity index (χ0n) is 14.7. The Morgan fingerprint density at radius 3 is 2.00 bits per heavy atom. The van der Waals surface area contributed by atoms with E-state index in [0.717, 1.165) is 6.42 Å². The molecule has 25 heavy (non-hydrogen) atoms. The molecule has 3 nitrogen and oxygen atoms in total. The van der Waals surface area contributed by atoms with Crippen molar-refractivity contribution in [3.05, 3.63) is 70.3 Å². The number of nitro benzene ring substituents is 1. The fourth-order valence-corrected chi connectivity index (χ4v) is 3.74. The highest BCUT2D eigenvalue weighted by molar-refractivity contribution is 7.99.